The zero-order valence-corrected chi connectivity index (χ0v) is 37.8. The van der Waals surface area contributed by atoms with Crippen LogP contribution in [0.4, 0.5) is 0 Å². The van der Waals surface area contributed by atoms with Crippen LogP contribution in [0, 0.1) is 0 Å². The third-order valence-corrected chi connectivity index (χ3v) is 16.1. The van der Waals surface area contributed by atoms with Gasteiger partial charge in [-0.25, -0.2) is 0 Å². The molecule has 68 heavy (non-hydrogen) atoms. The van der Waals surface area contributed by atoms with E-state index in [0.29, 0.717) is 0 Å². The maximum absolute atomic E-state index is 2.62. The monoisotopic (exact) mass is 883 g/mol. The van der Waals surface area contributed by atoms with Gasteiger partial charge in [0.25, 0.3) is 0 Å². The number of thiophene rings is 1. The van der Waals surface area contributed by atoms with Crippen molar-refractivity contribution in [2.24, 2.45) is 0 Å². The predicted molar refractivity (Wildman–Crippen MR) is 288 cm³/mol. The summed E-state index contributed by atoms with van der Waals surface area (Å²) in [6.07, 6.45) is 5.78. The molecular weight excluding hydrogens is 843 g/mol. The van der Waals surface area contributed by atoms with Crippen LogP contribution in [0.25, 0.3) is 120 Å². The number of allylic oxidation sites excluding steroid dienone is 4. The Kier molecular flexibility index (Phi) is 8.06. The fraction of sp³-hybridized carbons (Fsp3) is 0.0312. The SMILES string of the molecule is C1=C(c2ccc3c(c2)c2cc(-c4ccc5c(c4)c4ccccc4n5-c4ccccc4)ccc2n3-c2ccccc2)CC2C(=C1)n1c3c2cccc3c2c(-c3ccccc3)sc(-c3ccccc3)c21. The summed E-state index contributed by atoms with van der Waals surface area (Å²) < 4.78 is 7.45. The lowest BCUT2D eigenvalue weighted by Gasteiger charge is -2.22. The molecule has 2 aliphatic rings. The van der Waals surface area contributed by atoms with E-state index in [9.17, 15) is 0 Å². The highest BCUT2D eigenvalue weighted by Crippen LogP contribution is 2.57. The molecule has 0 saturated carbocycles. The molecule has 0 bridgehead atoms. The van der Waals surface area contributed by atoms with Crippen molar-refractivity contribution in [1.82, 2.24) is 13.7 Å². The lowest BCUT2D eigenvalue weighted by Crippen LogP contribution is -2.05. The van der Waals surface area contributed by atoms with E-state index in [1.807, 2.05) is 11.3 Å². The Hall–Kier alpha value is -8.44. The van der Waals surface area contributed by atoms with Crippen molar-refractivity contribution in [3.8, 4) is 43.4 Å². The summed E-state index contributed by atoms with van der Waals surface area (Å²) in [6, 6.07) is 80.5. The molecule has 0 fully saturated rings. The van der Waals surface area contributed by atoms with Gasteiger partial charge in [-0.15, -0.1) is 11.3 Å². The van der Waals surface area contributed by atoms with Crippen molar-refractivity contribution >= 4 is 88.0 Å². The number of rotatable bonds is 6. The van der Waals surface area contributed by atoms with Crippen LogP contribution in [0.3, 0.4) is 0 Å². The normalized spacial score (nSPS) is 14.4. The van der Waals surface area contributed by atoms with Crippen LogP contribution in [0.5, 0.6) is 0 Å². The third kappa shape index (κ3) is 5.41. The van der Waals surface area contributed by atoms with Gasteiger partial charge in [0.15, 0.2) is 0 Å². The largest absolute Gasteiger partial charge is 0.311 e. The molecule has 0 saturated heterocycles. The molecule has 4 aromatic heterocycles. The maximum atomic E-state index is 2.62. The molecule has 1 aliphatic heterocycles. The molecule has 0 spiro atoms. The van der Waals surface area contributed by atoms with Crippen molar-refractivity contribution in [2.45, 2.75) is 12.3 Å². The van der Waals surface area contributed by atoms with Gasteiger partial charge in [-0.3, -0.25) is 0 Å². The second-order valence-corrected chi connectivity index (χ2v) is 19.4. The maximum Gasteiger partial charge on any atom is 0.0731 e. The predicted octanol–water partition coefficient (Wildman–Crippen LogP) is 17.5. The van der Waals surface area contributed by atoms with Crippen molar-refractivity contribution in [3.05, 3.63) is 242 Å². The van der Waals surface area contributed by atoms with Crippen LogP contribution >= 0.6 is 11.3 Å². The molecule has 0 radical (unpaired) electrons. The first kappa shape index (κ1) is 37.7. The first-order valence-corrected chi connectivity index (χ1v) is 24.4. The van der Waals surface area contributed by atoms with Gasteiger partial charge in [0.2, 0.25) is 0 Å². The van der Waals surface area contributed by atoms with Gasteiger partial charge >= 0.3 is 0 Å². The van der Waals surface area contributed by atoms with E-state index < -0.39 is 0 Å². The fourth-order valence-corrected chi connectivity index (χ4v) is 13.1. The summed E-state index contributed by atoms with van der Waals surface area (Å²) in [7, 11) is 0. The summed E-state index contributed by atoms with van der Waals surface area (Å²) in [6.45, 7) is 0. The van der Waals surface area contributed by atoms with Crippen molar-refractivity contribution in [3.63, 3.8) is 0 Å². The van der Waals surface area contributed by atoms with Gasteiger partial charge in [0, 0.05) is 60.2 Å². The Morgan fingerprint density at radius 3 is 1.49 bits per heavy atom. The molecule has 15 rings (SSSR count). The third-order valence-electron chi connectivity index (χ3n) is 14.8. The smallest absolute Gasteiger partial charge is 0.0731 e. The number of para-hydroxylation sites is 4. The highest BCUT2D eigenvalue weighted by molar-refractivity contribution is 7.21. The number of benzene rings is 9. The van der Waals surface area contributed by atoms with Crippen LogP contribution < -0.4 is 0 Å². The molecular formula is C64H41N3S. The average Bonchev–Trinajstić information content (AvgIpc) is 4.21. The zero-order valence-electron chi connectivity index (χ0n) is 37.0. The Bertz CT molecular complexity index is 4260. The Balaban J connectivity index is 0.888. The number of aromatic nitrogens is 3. The molecule has 9 aromatic carbocycles. The first-order valence-electron chi connectivity index (χ1n) is 23.6. The molecule has 0 amide bonds. The summed E-state index contributed by atoms with van der Waals surface area (Å²) in [4.78, 5) is 2.67. The van der Waals surface area contributed by atoms with Crippen molar-refractivity contribution < 1.29 is 0 Å². The lowest BCUT2D eigenvalue weighted by atomic mass is 9.84. The molecule has 5 heterocycles. The zero-order chi connectivity index (χ0) is 44.5. The van der Waals surface area contributed by atoms with E-state index in [2.05, 4.69) is 244 Å². The summed E-state index contributed by atoms with van der Waals surface area (Å²) in [5.41, 5.74) is 20.3. The van der Waals surface area contributed by atoms with E-state index in [4.69, 9.17) is 0 Å². The highest BCUT2D eigenvalue weighted by atomic mass is 32.1. The molecule has 13 aromatic rings. The second kappa shape index (κ2) is 14.5. The standard InChI is InChI=1S/C64H41N3S/c1-5-16-40(17-6-1)63-60-50-26-15-25-49-52-37-43(31-35-59(52)67(61(49)50)62(60)64(68-63)41-18-7-2-8-19-41)45-30-34-58-54(39-45)53-38-44(29-33-57(53)66(58)47-22-11-4-12-23-47)42-28-32-56-51(36-42)48-24-13-14-27-55(48)65(56)46-20-9-3-10-21-46/h1-36,38-39,52H,37H2. The average molecular weight is 884 g/mol. The van der Waals surface area contributed by atoms with Crippen molar-refractivity contribution in [1.29, 1.82) is 0 Å². The molecule has 1 aliphatic carbocycles. The van der Waals surface area contributed by atoms with Crippen LogP contribution in [-0.2, 0) is 0 Å². The molecule has 4 heteroatoms. The minimum atomic E-state index is 0.262. The van der Waals surface area contributed by atoms with Gasteiger partial charge in [0.1, 0.15) is 0 Å². The van der Waals surface area contributed by atoms with Gasteiger partial charge in [-0.1, -0.05) is 158 Å². The van der Waals surface area contributed by atoms with E-state index in [1.54, 1.807) is 0 Å². The number of hydrogen-bond acceptors (Lipinski definition) is 1. The minimum absolute atomic E-state index is 0.262. The lowest BCUT2D eigenvalue weighted by molar-refractivity contribution is 0.887. The van der Waals surface area contributed by atoms with Crippen LogP contribution in [-0.4, -0.2) is 13.7 Å². The van der Waals surface area contributed by atoms with Gasteiger partial charge in [0.05, 0.1) is 38.0 Å². The van der Waals surface area contributed by atoms with Gasteiger partial charge in [-0.2, -0.15) is 0 Å². The molecule has 3 nitrogen and oxygen atoms in total. The number of hydrogen-bond donors (Lipinski definition) is 0. The molecule has 1 atom stereocenters. The molecule has 318 valence electrons. The van der Waals surface area contributed by atoms with Crippen LogP contribution in [0.15, 0.2) is 231 Å². The molecule has 1 unspecified atom stereocenters. The van der Waals surface area contributed by atoms with E-state index in [0.717, 1.165) is 6.42 Å². The van der Waals surface area contributed by atoms with Crippen LogP contribution in [0.2, 0.25) is 0 Å². The van der Waals surface area contributed by atoms with Crippen molar-refractivity contribution in [2.75, 3.05) is 0 Å². The number of nitrogens with zero attached hydrogens (tertiary/aromatic N) is 3. The Morgan fingerprint density at radius 1 is 0.353 bits per heavy atom. The Labute approximate surface area is 397 Å². The minimum Gasteiger partial charge on any atom is -0.311 e. The summed E-state index contributed by atoms with van der Waals surface area (Å²) in [5.74, 6) is 0.262. The van der Waals surface area contributed by atoms with E-state index in [-0.39, 0.29) is 5.92 Å². The fourth-order valence-electron chi connectivity index (χ4n) is 11.8. The number of fused-ring (bicyclic) bond motifs is 12. The summed E-state index contributed by atoms with van der Waals surface area (Å²) >= 11 is 1.93. The van der Waals surface area contributed by atoms with E-state index in [1.165, 1.54) is 131 Å². The second-order valence-electron chi connectivity index (χ2n) is 18.4. The topological polar surface area (TPSA) is 14.8 Å². The quantitative estimate of drug-likeness (QED) is 0.158. The van der Waals surface area contributed by atoms with Gasteiger partial charge in [-0.05, 0) is 118 Å². The first-order chi connectivity index (χ1) is 33.7. The highest BCUT2D eigenvalue weighted by Gasteiger charge is 2.36. The van der Waals surface area contributed by atoms with Gasteiger partial charge < -0.3 is 13.7 Å². The molecule has 0 N–H and O–H groups in total. The van der Waals surface area contributed by atoms with E-state index >= 15 is 0 Å². The Morgan fingerprint density at radius 2 is 0.853 bits per heavy atom. The van der Waals surface area contributed by atoms with Crippen LogP contribution in [0.1, 0.15) is 23.5 Å². The summed E-state index contributed by atoms with van der Waals surface area (Å²) in [5, 5.41) is 7.75.